The summed E-state index contributed by atoms with van der Waals surface area (Å²) in [6.45, 7) is 13.4. The highest BCUT2D eigenvalue weighted by molar-refractivity contribution is 6.83. The van der Waals surface area contributed by atoms with Crippen molar-refractivity contribution >= 4 is 20.0 Å². The van der Waals surface area contributed by atoms with Crippen LogP contribution < -0.4 is 0 Å². The summed E-state index contributed by atoms with van der Waals surface area (Å²) < 4.78 is 10.4. The van der Waals surface area contributed by atoms with E-state index in [-0.39, 0.29) is 11.8 Å². The van der Waals surface area contributed by atoms with E-state index in [1.54, 1.807) is 13.8 Å². The molecule has 4 nitrogen and oxygen atoms in total. The molecule has 1 fully saturated rings. The highest BCUT2D eigenvalue weighted by Gasteiger charge is 2.47. The summed E-state index contributed by atoms with van der Waals surface area (Å²) in [5.41, 5.74) is 3.24. The van der Waals surface area contributed by atoms with Gasteiger partial charge in [0.05, 0.1) is 0 Å². The third-order valence-corrected chi connectivity index (χ3v) is 3.79. The summed E-state index contributed by atoms with van der Waals surface area (Å²) in [6, 6.07) is 0. The molecule has 0 saturated carbocycles. The van der Waals surface area contributed by atoms with Crippen LogP contribution >= 0.6 is 0 Å². The monoisotopic (exact) mass is 296 g/mol. The molecule has 5 heteroatoms. The van der Waals surface area contributed by atoms with E-state index < -0.39 is 31.7 Å². The quantitative estimate of drug-likeness (QED) is 0.340. The Hall–Kier alpha value is -1.28. The first-order valence-corrected chi connectivity index (χ1v) is 10.4. The van der Waals surface area contributed by atoms with Gasteiger partial charge in [-0.2, -0.15) is 0 Å². The van der Waals surface area contributed by atoms with Crippen molar-refractivity contribution in [1.82, 2.24) is 0 Å². The molecular formula is C15H24O4Si. The maximum absolute atomic E-state index is 12.1. The second-order valence-electron chi connectivity index (χ2n) is 7.01. The topological polar surface area (TPSA) is 52.6 Å². The van der Waals surface area contributed by atoms with Crippen molar-refractivity contribution in [2.24, 2.45) is 17.8 Å². The molecule has 0 aromatic heterocycles. The number of rotatable bonds is 2. The first-order valence-electron chi connectivity index (χ1n) is 6.91. The minimum absolute atomic E-state index is 0.0742. The number of carbonyl (C=O) groups excluding carboxylic acids is 2. The number of ether oxygens (including phenoxy) is 2. The number of hydrogen-bond acceptors (Lipinski definition) is 4. The van der Waals surface area contributed by atoms with Gasteiger partial charge in [0.1, 0.15) is 8.07 Å². The minimum atomic E-state index is -1.57. The summed E-state index contributed by atoms with van der Waals surface area (Å²) in [7, 11) is -1.57. The number of cyclic esters (lactones) is 2. The van der Waals surface area contributed by atoms with Crippen molar-refractivity contribution < 1.29 is 19.1 Å². The zero-order valence-electron chi connectivity index (χ0n) is 13.4. The lowest BCUT2D eigenvalue weighted by Crippen LogP contribution is -2.49. The number of hydrogen-bond donors (Lipinski definition) is 0. The molecule has 1 heterocycles. The highest BCUT2D eigenvalue weighted by atomic mass is 28.3. The van der Waals surface area contributed by atoms with Crippen molar-refractivity contribution in [2.45, 2.75) is 53.1 Å². The molecule has 0 radical (unpaired) electrons. The Morgan fingerprint density at radius 3 is 1.90 bits per heavy atom. The molecule has 0 bridgehead atoms. The molecule has 0 aromatic rings. The van der Waals surface area contributed by atoms with E-state index >= 15 is 0 Å². The highest BCUT2D eigenvalue weighted by Crippen LogP contribution is 2.31. The van der Waals surface area contributed by atoms with E-state index in [1.807, 2.05) is 13.8 Å². The lowest BCUT2D eigenvalue weighted by atomic mass is 9.83. The van der Waals surface area contributed by atoms with E-state index in [1.165, 1.54) is 0 Å². The summed E-state index contributed by atoms with van der Waals surface area (Å²) in [5.74, 6) is -0.347. The third-order valence-electron chi connectivity index (χ3n) is 2.89. The van der Waals surface area contributed by atoms with Crippen LogP contribution in [0.2, 0.25) is 19.6 Å². The Bertz CT molecular complexity index is 442. The SMILES string of the molecule is CC(C)[C@H](C#C[Si](C)(C)C)C1C(=O)OC(C)(C)OC1=O. The first kappa shape index (κ1) is 16.8. The predicted octanol–water partition coefficient (Wildman–Crippen LogP) is 2.59. The number of esters is 2. The minimum Gasteiger partial charge on any atom is -0.422 e. The molecule has 0 amide bonds. The smallest absolute Gasteiger partial charge is 0.324 e. The molecule has 0 unspecified atom stereocenters. The van der Waals surface area contributed by atoms with Crippen LogP contribution in [0.1, 0.15) is 27.7 Å². The maximum Gasteiger partial charge on any atom is 0.324 e. The van der Waals surface area contributed by atoms with Crippen LogP contribution in [-0.2, 0) is 19.1 Å². The molecule has 1 aliphatic heterocycles. The van der Waals surface area contributed by atoms with Crippen molar-refractivity contribution in [3.05, 3.63) is 0 Å². The van der Waals surface area contributed by atoms with E-state index in [9.17, 15) is 9.59 Å². The molecule has 0 spiro atoms. The van der Waals surface area contributed by atoms with Gasteiger partial charge in [-0.05, 0) is 5.92 Å². The van der Waals surface area contributed by atoms with Gasteiger partial charge in [0.25, 0.3) is 5.79 Å². The average molecular weight is 296 g/mol. The zero-order chi connectivity index (χ0) is 15.7. The normalized spacial score (nSPS) is 20.8. The van der Waals surface area contributed by atoms with Crippen LogP contribution in [0.15, 0.2) is 0 Å². The standard InChI is InChI=1S/C15H24O4Si/c1-10(2)11(8-9-20(5,6)7)12-13(16)18-15(3,4)19-14(12)17/h10-12H,1-7H3/t11-/m0/s1. The van der Waals surface area contributed by atoms with E-state index in [0.29, 0.717) is 0 Å². The molecule has 0 N–H and O–H groups in total. The second-order valence-corrected chi connectivity index (χ2v) is 11.8. The van der Waals surface area contributed by atoms with Gasteiger partial charge in [-0.25, -0.2) is 0 Å². The van der Waals surface area contributed by atoms with Gasteiger partial charge in [0.2, 0.25) is 0 Å². The van der Waals surface area contributed by atoms with E-state index in [2.05, 4.69) is 31.1 Å². The lowest BCUT2D eigenvalue weighted by Gasteiger charge is -2.35. The summed E-state index contributed by atoms with van der Waals surface area (Å²) >= 11 is 0. The Morgan fingerprint density at radius 2 is 1.55 bits per heavy atom. The van der Waals surface area contributed by atoms with Gasteiger partial charge in [0.15, 0.2) is 5.92 Å². The predicted molar refractivity (Wildman–Crippen MR) is 79.2 cm³/mol. The molecule has 1 aliphatic rings. The van der Waals surface area contributed by atoms with Gasteiger partial charge >= 0.3 is 11.9 Å². The zero-order valence-corrected chi connectivity index (χ0v) is 14.4. The van der Waals surface area contributed by atoms with Crippen LogP contribution in [0.5, 0.6) is 0 Å². The maximum atomic E-state index is 12.1. The molecule has 112 valence electrons. The van der Waals surface area contributed by atoms with Gasteiger partial charge in [-0.3, -0.25) is 9.59 Å². The second kappa shape index (κ2) is 5.61. The molecule has 20 heavy (non-hydrogen) atoms. The van der Waals surface area contributed by atoms with Gasteiger partial charge in [0, 0.05) is 19.8 Å². The fourth-order valence-corrected chi connectivity index (χ4v) is 2.56. The van der Waals surface area contributed by atoms with Crippen LogP contribution in [0, 0.1) is 29.2 Å². The number of carbonyl (C=O) groups is 2. The lowest BCUT2D eigenvalue weighted by molar-refractivity contribution is -0.242. The summed E-state index contributed by atoms with van der Waals surface area (Å²) in [5, 5.41) is 0. The Balaban J connectivity index is 3.06. The molecule has 0 aromatic carbocycles. The van der Waals surface area contributed by atoms with Crippen molar-refractivity contribution in [2.75, 3.05) is 0 Å². The Morgan fingerprint density at radius 1 is 1.10 bits per heavy atom. The third kappa shape index (κ3) is 4.38. The van der Waals surface area contributed by atoms with E-state index in [0.717, 1.165) is 0 Å². The van der Waals surface area contributed by atoms with Crippen LogP contribution in [-0.4, -0.2) is 25.8 Å². The first-order chi connectivity index (χ1) is 8.93. The largest absolute Gasteiger partial charge is 0.422 e. The molecular weight excluding hydrogens is 272 g/mol. The van der Waals surface area contributed by atoms with Crippen molar-refractivity contribution in [3.8, 4) is 11.5 Å². The van der Waals surface area contributed by atoms with E-state index in [4.69, 9.17) is 9.47 Å². The summed E-state index contributed by atoms with van der Waals surface area (Å²) in [6.07, 6.45) is 0. The Labute approximate surface area is 122 Å². The van der Waals surface area contributed by atoms with Gasteiger partial charge in [-0.15, -0.1) is 11.5 Å². The fraction of sp³-hybridized carbons (Fsp3) is 0.733. The molecule has 1 saturated heterocycles. The molecule has 1 rings (SSSR count). The molecule has 0 aliphatic carbocycles. The van der Waals surface area contributed by atoms with Crippen LogP contribution in [0.3, 0.4) is 0 Å². The van der Waals surface area contributed by atoms with Gasteiger partial charge in [-0.1, -0.05) is 33.5 Å². The molecule has 1 atom stereocenters. The van der Waals surface area contributed by atoms with Crippen molar-refractivity contribution in [1.29, 1.82) is 0 Å². The van der Waals surface area contributed by atoms with Gasteiger partial charge < -0.3 is 9.47 Å². The Kier molecular flexibility index (Phi) is 4.70. The van der Waals surface area contributed by atoms with Crippen LogP contribution in [0.4, 0.5) is 0 Å². The summed E-state index contributed by atoms with van der Waals surface area (Å²) in [4.78, 5) is 24.2. The average Bonchev–Trinajstić information content (AvgIpc) is 2.17. The fourth-order valence-electron chi connectivity index (χ4n) is 1.96. The van der Waals surface area contributed by atoms with Crippen molar-refractivity contribution in [3.63, 3.8) is 0 Å². The van der Waals surface area contributed by atoms with Crippen LogP contribution in [0.25, 0.3) is 0 Å².